The Labute approximate surface area is 95.0 Å². The molecule has 0 amide bonds. The van der Waals surface area contributed by atoms with Gasteiger partial charge in [0.15, 0.2) is 0 Å². The quantitative estimate of drug-likeness (QED) is 0.526. The second-order valence-corrected chi connectivity index (χ2v) is 4.29. The Hall–Kier alpha value is -0.800. The second-order valence-electron chi connectivity index (χ2n) is 3.24. The first-order valence-corrected chi connectivity index (χ1v) is 6.00. The van der Waals surface area contributed by atoms with E-state index in [-0.39, 0.29) is 0 Å². The van der Waals surface area contributed by atoms with Crippen LogP contribution in [0.2, 0.25) is 0 Å². The zero-order valence-corrected chi connectivity index (χ0v) is 9.76. The molecular weight excluding hydrogens is 208 g/mol. The molecule has 0 heterocycles. The van der Waals surface area contributed by atoms with Crippen LogP contribution in [0, 0.1) is 0 Å². The maximum atomic E-state index is 11.4. The lowest BCUT2D eigenvalue weighted by Gasteiger charge is -2.01. The number of methoxy groups -OCH3 is 1. The Morgan fingerprint density at radius 2 is 2.07 bits per heavy atom. The molecule has 0 saturated carbocycles. The third-order valence-electron chi connectivity index (χ3n) is 1.95. The Morgan fingerprint density at radius 3 is 2.73 bits per heavy atom. The highest BCUT2D eigenvalue weighted by Crippen LogP contribution is 2.17. The molecule has 0 fully saturated rings. The molecule has 0 aromatic heterocycles. The number of Topliss-reactive ketones (excluding diaryl/α,β-unsaturated/α-hetero) is 1. The SMILES string of the molecule is COCCCC(=O)CSc1ccccc1. The smallest absolute Gasteiger partial charge is 0.143 e. The second kappa shape index (κ2) is 7.49. The zero-order chi connectivity index (χ0) is 10.9. The van der Waals surface area contributed by atoms with Gasteiger partial charge in [0.25, 0.3) is 0 Å². The van der Waals surface area contributed by atoms with E-state index in [1.54, 1.807) is 18.9 Å². The average Bonchev–Trinajstić information content (AvgIpc) is 2.28. The van der Waals surface area contributed by atoms with E-state index >= 15 is 0 Å². The molecule has 0 aliphatic rings. The largest absolute Gasteiger partial charge is 0.385 e. The number of carbonyl (C=O) groups is 1. The van der Waals surface area contributed by atoms with Gasteiger partial charge in [-0.2, -0.15) is 0 Å². The van der Waals surface area contributed by atoms with Crippen molar-refractivity contribution < 1.29 is 9.53 Å². The average molecular weight is 224 g/mol. The van der Waals surface area contributed by atoms with Gasteiger partial charge in [0.05, 0.1) is 5.75 Å². The van der Waals surface area contributed by atoms with Crippen molar-refractivity contribution in [3.8, 4) is 0 Å². The molecule has 1 rings (SSSR count). The summed E-state index contributed by atoms with van der Waals surface area (Å²) in [6.45, 7) is 0.668. The van der Waals surface area contributed by atoms with Crippen molar-refractivity contribution in [1.29, 1.82) is 0 Å². The van der Waals surface area contributed by atoms with Gasteiger partial charge in [-0.15, -0.1) is 11.8 Å². The van der Waals surface area contributed by atoms with Gasteiger partial charge in [-0.3, -0.25) is 4.79 Å². The first kappa shape index (κ1) is 12.3. The third-order valence-corrected chi connectivity index (χ3v) is 3.02. The number of carbonyl (C=O) groups excluding carboxylic acids is 1. The highest BCUT2D eigenvalue weighted by Gasteiger charge is 2.02. The van der Waals surface area contributed by atoms with Crippen molar-refractivity contribution in [3.63, 3.8) is 0 Å². The lowest BCUT2D eigenvalue weighted by molar-refractivity contribution is -0.116. The van der Waals surface area contributed by atoms with Crippen LogP contribution in [0.5, 0.6) is 0 Å². The van der Waals surface area contributed by atoms with E-state index in [1.165, 1.54) is 0 Å². The zero-order valence-electron chi connectivity index (χ0n) is 8.94. The molecule has 1 aromatic carbocycles. The van der Waals surface area contributed by atoms with Crippen molar-refractivity contribution in [2.45, 2.75) is 17.7 Å². The molecule has 3 heteroatoms. The van der Waals surface area contributed by atoms with Gasteiger partial charge in [-0.1, -0.05) is 18.2 Å². The number of ketones is 1. The Bertz CT molecular complexity index is 285. The van der Waals surface area contributed by atoms with Crippen LogP contribution >= 0.6 is 11.8 Å². The summed E-state index contributed by atoms with van der Waals surface area (Å²) in [6, 6.07) is 9.99. The van der Waals surface area contributed by atoms with Crippen LogP contribution < -0.4 is 0 Å². The highest BCUT2D eigenvalue weighted by molar-refractivity contribution is 8.00. The lowest BCUT2D eigenvalue weighted by Crippen LogP contribution is -2.02. The molecule has 0 aliphatic heterocycles. The molecule has 0 spiro atoms. The molecule has 0 unspecified atom stereocenters. The van der Waals surface area contributed by atoms with Gasteiger partial charge in [-0.25, -0.2) is 0 Å². The maximum absolute atomic E-state index is 11.4. The Morgan fingerprint density at radius 1 is 1.33 bits per heavy atom. The summed E-state index contributed by atoms with van der Waals surface area (Å²) in [7, 11) is 1.66. The monoisotopic (exact) mass is 224 g/mol. The van der Waals surface area contributed by atoms with E-state index in [0.717, 1.165) is 11.3 Å². The van der Waals surface area contributed by atoms with Crippen LogP contribution in [0.4, 0.5) is 0 Å². The normalized spacial score (nSPS) is 10.2. The summed E-state index contributed by atoms with van der Waals surface area (Å²) < 4.78 is 4.90. The summed E-state index contributed by atoms with van der Waals surface area (Å²) in [5, 5.41) is 0. The van der Waals surface area contributed by atoms with Gasteiger partial charge < -0.3 is 4.74 Å². The third kappa shape index (κ3) is 5.60. The van der Waals surface area contributed by atoms with E-state index in [9.17, 15) is 4.79 Å². The van der Waals surface area contributed by atoms with Crippen molar-refractivity contribution in [3.05, 3.63) is 30.3 Å². The van der Waals surface area contributed by atoms with Crippen LogP contribution in [-0.4, -0.2) is 25.3 Å². The fourth-order valence-electron chi connectivity index (χ4n) is 1.17. The minimum absolute atomic E-state index is 0.293. The van der Waals surface area contributed by atoms with Gasteiger partial charge in [0.2, 0.25) is 0 Å². The summed E-state index contributed by atoms with van der Waals surface area (Å²) in [5.41, 5.74) is 0. The van der Waals surface area contributed by atoms with Gasteiger partial charge >= 0.3 is 0 Å². The lowest BCUT2D eigenvalue weighted by atomic mass is 10.2. The topological polar surface area (TPSA) is 26.3 Å². The number of thioether (sulfide) groups is 1. The molecule has 0 bridgehead atoms. The van der Waals surface area contributed by atoms with E-state index in [1.807, 2.05) is 30.3 Å². The number of hydrogen-bond donors (Lipinski definition) is 0. The molecule has 2 nitrogen and oxygen atoms in total. The molecule has 0 radical (unpaired) electrons. The van der Waals surface area contributed by atoms with Crippen molar-refractivity contribution in [1.82, 2.24) is 0 Å². The van der Waals surface area contributed by atoms with E-state index in [4.69, 9.17) is 4.74 Å². The van der Waals surface area contributed by atoms with Crippen LogP contribution in [0.1, 0.15) is 12.8 Å². The van der Waals surface area contributed by atoms with Crippen molar-refractivity contribution in [2.75, 3.05) is 19.5 Å². The van der Waals surface area contributed by atoms with Crippen molar-refractivity contribution in [2.24, 2.45) is 0 Å². The Balaban J connectivity index is 2.17. The number of ether oxygens (including phenoxy) is 1. The highest BCUT2D eigenvalue weighted by atomic mass is 32.2. The van der Waals surface area contributed by atoms with Crippen LogP contribution in [-0.2, 0) is 9.53 Å². The fourth-order valence-corrected chi connectivity index (χ4v) is 1.99. The standard InChI is InChI=1S/C12H16O2S/c1-14-9-5-6-11(13)10-15-12-7-3-2-4-8-12/h2-4,7-8H,5-6,9-10H2,1H3. The van der Waals surface area contributed by atoms with E-state index < -0.39 is 0 Å². The predicted octanol–water partition coefficient (Wildman–Crippen LogP) is 2.77. The molecule has 15 heavy (non-hydrogen) atoms. The fraction of sp³-hybridized carbons (Fsp3) is 0.417. The summed E-state index contributed by atoms with van der Waals surface area (Å²) in [4.78, 5) is 12.6. The first-order chi connectivity index (χ1) is 7.33. The molecule has 0 atom stereocenters. The Kier molecular flexibility index (Phi) is 6.12. The van der Waals surface area contributed by atoms with Crippen LogP contribution in [0.3, 0.4) is 0 Å². The first-order valence-electron chi connectivity index (χ1n) is 5.01. The summed E-state index contributed by atoms with van der Waals surface area (Å²) in [5.74, 6) is 0.856. The molecule has 0 aliphatic carbocycles. The maximum Gasteiger partial charge on any atom is 0.143 e. The molecule has 0 N–H and O–H groups in total. The predicted molar refractivity (Wildman–Crippen MR) is 63.3 cm³/mol. The number of hydrogen-bond acceptors (Lipinski definition) is 3. The van der Waals surface area contributed by atoms with E-state index in [0.29, 0.717) is 24.6 Å². The summed E-state index contributed by atoms with van der Waals surface area (Å²) in [6.07, 6.45) is 1.44. The molecule has 1 aromatic rings. The van der Waals surface area contributed by atoms with E-state index in [2.05, 4.69) is 0 Å². The molecule has 0 saturated heterocycles. The number of benzene rings is 1. The van der Waals surface area contributed by atoms with Crippen molar-refractivity contribution >= 4 is 17.5 Å². The minimum atomic E-state index is 0.293. The molecular formula is C12H16O2S. The van der Waals surface area contributed by atoms with Crippen LogP contribution in [0.15, 0.2) is 35.2 Å². The summed E-state index contributed by atoms with van der Waals surface area (Å²) >= 11 is 1.60. The van der Waals surface area contributed by atoms with Gasteiger partial charge in [0, 0.05) is 25.0 Å². The number of rotatable bonds is 7. The minimum Gasteiger partial charge on any atom is -0.385 e. The van der Waals surface area contributed by atoms with Gasteiger partial charge in [-0.05, 0) is 18.6 Å². The molecule has 82 valence electrons. The van der Waals surface area contributed by atoms with Gasteiger partial charge in [0.1, 0.15) is 5.78 Å². The van der Waals surface area contributed by atoms with Crippen LogP contribution in [0.25, 0.3) is 0 Å².